The average molecular weight is 237 g/mol. The molecule has 5 heteroatoms. The Kier molecular flexibility index (Phi) is 4.66. The monoisotopic (exact) mass is 237 g/mol. The van der Waals surface area contributed by atoms with Crippen molar-refractivity contribution in [2.75, 3.05) is 6.61 Å². The van der Waals surface area contributed by atoms with Gasteiger partial charge in [0.05, 0.1) is 23.8 Å². The fourth-order valence-electron chi connectivity index (χ4n) is 1.41. The SMILES string of the molecule is CC[C@H](CO)NC(=O)c1ccccc1C(=O)O. The second-order valence-electron chi connectivity index (χ2n) is 3.61. The van der Waals surface area contributed by atoms with E-state index in [-0.39, 0.29) is 23.8 Å². The lowest BCUT2D eigenvalue weighted by molar-refractivity contribution is 0.0690. The minimum Gasteiger partial charge on any atom is -0.478 e. The number of hydrogen-bond acceptors (Lipinski definition) is 3. The Morgan fingerprint density at radius 3 is 2.35 bits per heavy atom. The van der Waals surface area contributed by atoms with Gasteiger partial charge in [-0.2, -0.15) is 0 Å². The first-order valence-corrected chi connectivity index (χ1v) is 5.34. The third-order valence-corrected chi connectivity index (χ3v) is 2.45. The molecule has 0 fully saturated rings. The molecule has 1 aromatic carbocycles. The number of carbonyl (C=O) groups is 2. The van der Waals surface area contributed by atoms with Crippen LogP contribution in [0.4, 0.5) is 0 Å². The first-order valence-electron chi connectivity index (χ1n) is 5.34. The number of hydrogen-bond donors (Lipinski definition) is 3. The normalized spacial score (nSPS) is 11.9. The zero-order valence-electron chi connectivity index (χ0n) is 9.51. The molecule has 3 N–H and O–H groups in total. The van der Waals surface area contributed by atoms with Gasteiger partial charge in [-0.3, -0.25) is 4.79 Å². The van der Waals surface area contributed by atoms with Crippen LogP contribution in [0.3, 0.4) is 0 Å². The number of benzene rings is 1. The molecule has 0 aliphatic heterocycles. The molecule has 0 unspecified atom stereocenters. The van der Waals surface area contributed by atoms with Crippen molar-refractivity contribution >= 4 is 11.9 Å². The van der Waals surface area contributed by atoms with Crippen molar-refractivity contribution in [2.45, 2.75) is 19.4 Å². The van der Waals surface area contributed by atoms with E-state index in [4.69, 9.17) is 10.2 Å². The van der Waals surface area contributed by atoms with E-state index in [1.54, 1.807) is 12.1 Å². The molecule has 1 rings (SSSR count). The topological polar surface area (TPSA) is 86.6 Å². The molecule has 92 valence electrons. The Labute approximate surface area is 99.1 Å². The maximum atomic E-state index is 11.8. The molecule has 1 amide bonds. The fourth-order valence-corrected chi connectivity index (χ4v) is 1.41. The van der Waals surface area contributed by atoms with Crippen LogP contribution in [0.5, 0.6) is 0 Å². The minimum atomic E-state index is -1.15. The van der Waals surface area contributed by atoms with Crippen LogP contribution in [0.1, 0.15) is 34.1 Å². The molecule has 5 nitrogen and oxygen atoms in total. The lowest BCUT2D eigenvalue weighted by atomic mass is 10.1. The van der Waals surface area contributed by atoms with Crippen LogP contribution in [-0.2, 0) is 0 Å². The van der Waals surface area contributed by atoms with Crippen molar-refractivity contribution < 1.29 is 19.8 Å². The Balaban J connectivity index is 2.92. The molecule has 0 spiro atoms. The highest BCUT2D eigenvalue weighted by Gasteiger charge is 2.17. The number of aliphatic hydroxyl groups is 1. The minimum absolute atomic E-state index is 0.0437. The number of amides is 1. The molecule has 0 saturated carbocycles. The molecule has 17 heavy (non-hydrogen) atoms. The first-order chi connectivity index (χ1) is 8.10. The van der Waals surface area contributed by atoms with Crippen LogP contribution in [-0.4, -0.2) is 34.7 Å². The summed E-state index contributed by atoms with van der Waals surface area (Å²) in [5.74, 6) is -1.63. The second kappa shape index (κ2) is 6.00. The number of nitrogens with one attached hydrogen (secondary N) is 1. The van der Waals surface area contributed by atoms with E-state index < -0.39 is 11.9 Å². The summed E-state index contributed by atoms with van der Waals surface area (Å²) < 4.78 is 0. The molecule has 1 aromatic rings. The van der Waals surface area contributed by atoms with Gasteiger partial charge in [0.15, 0.2) is 0 Å². The summed E-state index contributed by atoms with van der Waals surface area (Å²) in [6, 6.07) is 5.62. The largest absolute Gasteiger partial charge is 0.478 e. The lowest BCUT2D eigenvalue weighted by Gasteiger charge is -2.14. The van der Waals surface area contributed by atoms with Crippen molar-refractivity contribution in [3.05, 3.63) is 35.4 Å². The van der Waals surface area contributed by atoms with Gasteiger partial charge in [0.1, 0.15) is 0 Å². The quantitative estimate of drug-likeness (QED) is 0.709. The molecule has 0 aromatic heterocycles. The fraction of sp³-hybridized carbons (Fsp3) is 0.333. The van der Waals surface area contributed by atoms with Crippen LogP contribution in [0.2, 0.25) is 0 Å². The Hall–Kier alpha value is -1.88. The molecule has 0 bridgehead atoms. The summed E-state index contributed by atoms with van der Waals surface area (Å²) in [4.78, 5) is 22.7. The van der Waals surface area contributed by atoms with Crippen molar-refractivity contribution in [2.24, 2.45) is 0 Å². The van der Waals surface area contributed by atoms with Crippen molar-refractivity contribution in [1.29, 1.82) is 0 Å². The summed E-state index contributed by atoms with van der Waals surface area (Å²) in [6.45, 7) is 1.65. The number of carboxylic acids is 1. The smallest absolute Gasteiger partial charge is 0.336 e. The van der Waals surface area contributed by atoms with Gasteiger partial charge in [-0.1, -0.05) is 19.1 Å². The average Bonchev–Trinajstić information content (AvgIpc) is 2.35. The van der Waals surface area contributed by atoms with Crippen LogP contribution in [0.25, 0.3) is 0 Å². The number of aliphatic hydroxyl groups excluding tert-OH is 1. The summed E-state index contributed by atoms with van der Waals surface area (Å²) in [5, 5.41) is 20.5. The van der Waals surface area contributed by atoms with Crippen LogP contribution < -0.4 is 5.32 Å². The van der Waals surface area contributed by atoms with Crippen molar-refractivity contribution in [1.82, 2.24) is 5.32 Å². The Morgan fingerprint density at radius 1 is 1.29 bits per heavy atom. The van der Waals surface area contributed by atoms with E-state index in [1.807, 2.05) is 6.92 Å². The van der Waals surface area contributed by atoms with Crippen LogP contribution >= 0.6 is 0 Å². The second-order valence-corrected chi connectivity index (χ2v) is 3.61. The van der Waals surface area contributed by atoms with Gasteiger partial charge in [0.2, 0.25) is 0 Å². The number of rotatable bonds is 5. The van der Waals surface area contributed by atoms with E-state index in [0.29, 0.717) is 6.42 Å². The summed E-state index contributed by atoms with van der Waals surface area (Å²) in [5.41, 5.74) is 0.0599. The van der Waals surface area contributed by atoms with Crippen LogP contribution in [0.15, 0.2) is 24.3 Å². The molecule has 0 radical (unpaired) electrons. The standard InChI is InChI=1S/C12H15NO4/c1-2-8(7-14)13-11(15)9-5-3-4-6-10(9)12(16)17/h3-6,8,14H,2,7H2,1H3,(H,13,15)(H,16,17)/t8-/m1/s1. The highest BCUT2D eigenvalue weighted by molar-refractivity contribution is 6.04. The Morgan fingerprint density at radius 2 is 1.88 bits per heavy atom. The molecule has 0 aliphatic carbocycles. The summed E-state index contributed by atoms with van der Waals surface area (Å²) in [7, 11) is 0. The zero-order chi connectivity index (χ0) is 12.8. The van der Waals surface area contributed by atoms with E-state index in [0.717, 1.165) is 0 Å². The molecule has 0 aliphatic rings. The van der Waals surface area contributed by atoms with E-state index in [2.05, 4.69) is 5.32 Å². The molecule has 0 saturated heterocycles. The molecular formula is C12H15NO4. The molecular weight excluding hydrogens is 222 g/mol. The van der Waals surface area contributed by atoms with Crippen molar-refractivity contribution in [3.8, 4) is 0 Å². The van der Waals surface area contributed by atoms with Gasteiger partial charge < -0.3 is 15.5 Å². The third kappa shape index (κ3) is 3.29. The molecule has 0 heterocycles. The maximum Gasteiger partial charge on any atom is 0.336 e. The first kappa shape index (κ1) is 13.2. The predicted molar refractivity (Wildman–Crippen MR) is 62.0 cm³/mol. The summed E-state index contributed by atoms with van der Waals surface area (Å²) in [6.07, 6.45) is 0.581. The van der Waals surface area contributed by atoms with Gasteiger partial charge in [-0.05, 0) is 18.6 Å². The van der Waals surface area contributed by atoms with E-state index in [9.17, 15) is 9.59 Å². The van der Waals surface area contributed by atoms with Crippen LogP contribution in [0, 0.1) is 0 Å². The number of carboxylic acid groups (broad SMARTS) is 1. The van der Waals surface area contributed by atoms with Gasteiger partial charge >= 0.3 is 5.97 Å². The number of carbonyl (C=O) groups excluding carboxylic acids is 1. The highest BCUT2D eigenvalue weighted by atomic mass is 16.4. The van der Waals surface area contributed by atoms with Gasteiger partial charge in [-0.15, -0.1) is 0 Å². The van der Waals surface area contributed by atoms with Gasteiger partial charge in [0.25, 0.3) is 5.91 Å². The van der Waals surface area contributed by atoms with Gasteiger partial charge in [-0.25, -0.2) is 4.79 Å². The highest BCUT2D eigenvalue weighted by Crippen LogP contribution is 2.09. The maximum absolute atomic E-state index is 11.8. The van der Waals surface area contributed by atoms with E-state index >= 15 is 0 Å². The zero-order valence-corrected chi connectivity index (χ0v) is 9.51. The predicted octanol–water partition coefficient (Wildman–Crippen LogP) is 0.886. The number of aromatic carboxylic acids is 1. The lowest BCUT2D eigenvalue weighted by Crippen LogP contribution is -2.37. The van der Waals surface area contributed by atoms with Gasteiger partial charge in [0, 0.05) is 0 Å². The molecule has 1 atom stereocenters. The van der Waals surface area contributed by atoms with Crippen molar-refractivity contribution in [3.63, 3.8) is 0 Å². The summed E-state index contributed by atoms with van der Waals surface area (Å²) >= 11 is 0. The van der Waals surface area contributed by atoms with E-state index in [1.165, 1.54) is 12.1 Å². The Bertz CT molecular complexity index is 413. The third-order valence-electron chi connectivity index (χ3n) is 2.45.